The van der Waals surface area contributed by atoms with Crippen molar-refractivity contribution in [3.05, 3.63) is 83.9 Å². The number of morpholine rings is 1. The van der Waals surface area contributed by atoms with Gasteiger partial charge in [0.1, 0.15) is 18.0 Å². The molecule has 5 nitrogen and oxygen atoms in total. The number of benzene rings is 2. The first kappa shape index (κ1) is 21.1. The summed E-state index contributed by atoms with van der Waals surface area (Å²) in [4.78, 5) is 15.3. The summed E-state index contributed by atoms with van der Waals surface area (Å²) in [7, 11) is 0. The third kappa shape index (κ3) is 4.04. The number of hydrogen-bond donors (Lipinski definition) is 0. The molecule has 3 heterocycles. The SMILES string of the molecule is Fc1cc(F)c(C(I)c2ccccn2)cc1-c1ncnc2cc(N3CCOCC3)ccc12. The third-order valence-electron chi connectivity index (χ3n) is 5.56. The lowest BCUT2D eigenvalue weighted by Crippen LogP contribution is -2.36. The fraction of sp³-hybridized carbons (Fsp3) is 0.208. The summed E-state index contributed by atoms with van der Waals surface area (Å²) in [6, 6.07) is 13.8. The highest BCUT2D eigenvalue weighted by Crippen LogP contribution is 2.37. The lowest BCUT2D eigenvalue weighted by atomic mass is 10.00. The van der Waals surface area contributed by atoms with Crippen molar-refractivity contribution in [2.45, 2.75) is 3.92 Å². The molecule has 0 N–H and O–H groups in total. The van der Waals surface area contributed by atoms with Crippen LogP contribution in [-0.4, -0.2) is 41.3 Å². The van der Waals surface area contributed by atoms with E-state index in [9.17, 15) is 8.78 Å². The van der Waals surface area contributed by atoms with Gasteiger partial charge in [0, 0.05) is 47.6 Å². The molecular weight excluding hydrogens is 525 g/mol. The Morgan fingerprint density at radius 2 is 1.78 bits per heavy atom. The molecule has 1 unspecified atom stereocenters. The topological polar surface area (TPSA) is 51.1 Å². The molecule has 5 rings (SSSR count). The fourth-order valence-corrected chi connectivity index (χ4v) is 4.75. The zero-order chi connectivity index (χ0) is 22.1. The Labute approximate surface area is 197 Å². The molecule has 1 aliphatic rings. The molecular formula is C24H19F2IN4O. The predicted molar refractivity (Wildman–Crippen MR) is 128 cm³/mol. The van der Waals surface area contributed by atoms with Crippen LogP contribution < -0.4 is 4.90 Å². The highest BCUT2D eigenvalue weighted by molar-refractivity contribution is 14.1. The fourth-order valence-electron chi connectivity index (χ4n) is 3.90. The Hall–Kier alpha value is -2.72. The summed E-state index contributed by atoms with van der Waals surface area (Å²) in [5.41, 5.74) is 3.48. The van der Waals surface area contributed by atoms with Crippen LogP contribution in [0.1, 0.15) is 15.2 Å². The summed E-state index contributed by atoms with van der Waals surface area (Å²) in [5, 5.41) is 0.712. The highest BCUT2D eigenvalue weighted by atomic mass is 127. The van der Waals surface area contributed by atoms with E-state index in [4.69, 9.17) is 4.74 Å². The van der Waals surface area contributed by atoms with E-state index in [-0.39, 0.29) is 9.49 Å². The molecule has 0 amide bonds. The first-order chi connectivity index (χ1) is 15.6. The molecule has 2 aromatic carbocycles. The zero-order valence-corrected chi connectivity index (χ0v) is 19.2. The van der Waals surface area contributed by atoms with Gasteiger partial charge in [0.05, 0.1) is 34.0 Å². The summed E-state index contributed by atoms with van der Waals surface area (Å²) in [5.74, 6) is -1.27. The van der Waals surface area contributed by atoms with Gasteiger partial charge in [0.2, 0.25) is 0 Å². The minimum absolute atomic E-state index is 0.241. The Morgan fingerprint density at radius 1 is 0.938 bits per heavy atom. The third-order valence-corrected chi connectivity index (χ3v) is 6.87. The van der Waals surface area contributed by atoms with Crippen molar-refractivity contribution in [1.29, 1.82) is 0 Å². The van der Waals surface area contributed by atoms with Crippen LogP contribution in [0.5, 0.6) is 0 Å². The van der Waals surface area contributed by atoms with Gasteiger partial charge in [-0.2, -0.15) is 0 Å². The van der Waals surface area contributed by atoms with Gasteiger partial charge in [-0.05, 0) is 36.4 Å². The number of hydrogen-bond acceptors (Lipinski definition) is 5. The molecule has 1 fully saturated rings. The number of rotatable bonds is 4. The molecule has 0 spiro atoms. The minimum Gasteiger partial charge on any atom is -0.378 e. The van der Waals surface area contributed by atoms with E-state index in [0.717, 1.165) is 24.8 Å². The molecule has 32 heavy (non-hydrogen) atoms. The first-order valence-electron chi connectivity index (χ1n) is 10.2. The van der Waals surface area contributed by atoms with E-state index < -0.39 is 11.6 Å². The maximum atomic E-state index is 14.9. The van der Waals surface area contributed by atoms with Crippen molar-refractivity contribution in [3.8, 4) is 11.3 Å². The predicted octanol–water partition coefficient (Wildman–Crippen LogP) is 5.33. The Balaban J connectivity index is 1.59. The average molecular weight is 544 g/mol. The average Bonchev–Trinajstić information content (AvgIpc) is 2.84. The first-order valence-corrected chi connectivity index (χ1v) is 11.5. The van der Waals surface area contributed by atoms with Crippen molar-refractivity contribution in [1.82, 2.24) is 15.0 Å². The number of aromatic nitrogens is 3. The molecule has 0 bridgehead atoms. The van der Waals surface area contributed by atoms with Crippen molar-refractivity contribution in [3.63, 3.8) is 0 Å². The van der Waals surface area contributed by atoms with Crippen LogP contribution >= 0.6 is 22.6 Å². The van der Waals surface area contributed by atoms with Gasteiger partial charge in [0.15, 0.2) is 0 Å². The maximum absolute atomic E-state index is 14.9. The number of fused-ring (bicyclic) bond motifs is 1. The van der Waals surface area contributed by atoms with Crippen LogP contribution in [0.3, 0.4) is 0 Å². The second-order valence-electron chi connectivity index (χ2n) is 7.49. The van der Waals surface area contributed by atoms with E-state index in [0.29, 0.717) is 41.1 Å². The monoisotopic (exact) mass is 544 g/mol. The van der Waals surface area contributed by atoms with E-state index in [1.165, 1.54) is 12.4 Å². The van der Waals surface area contributed by atoms with Crippen LogP contribution in [0.25, 0.3) is 22.2 Å². The molecule has 0 radical (unpaired) electrons. The lowest BCUT2D eigenvalue weighted by Gasteiger charge is -2.29. The molecule has 162 valence electrons. The van der Waals surface area contributed by atoms with Crippen LogP contribution in [0.2, 0.25) is 0 Å². The summed E-state index contributed by atoms with van der Waals surface area (Å²) < 4.78 is 34.7. The number of ether oxygens (including phenoxy) is 1. The Kier molecular flexibility index (Phi) is 5.97. The second-order valence-corrected chi connectivity index (χ2v) is 8.74. The van der Waals surface area contributed by atoms with Gasteiger partial charge in [0.25, 0.3) is 0 Å². The smallest absolute Gasteiger partial charge is 0.135 e. The number of alkyl halides is 1. The number of halogens is 3. The van der Waals surface area contributed by atoms with Gasteiger partial charge in [-0.15, -0.1) is 0 Å². The van der Waals surface area contributed by atoms with Crippen molar-refractivity contribution >= 4 is 39.2 Å². The molecule has 0 aliphatic carbocycles. The van der Waals surface area contributed by atoms with Crippen LogP contribution in [-0.2, 0) is 4.74 Å². The molecule has 1 atom stereocenters. The highest BCUT2D eigenvalue weighted by Gasteiger charge is 2.21. The normalized spacial score (nSPS) is 15.2. The lowest BCUT2D eigenvalue weighted by molar-refractivity contribution is 0.122. The van der Waals surface area contributed by atoms with Gasteiger partial charge < -0.3 is 9.64 Å². The number of anilines is 1. The summed E-state index contributed by atoms with van der Waals surface area (Å²) in [6.45, 7) is 2.99. The Morgan fingerprint density at radius 3 is 2.56 bits per heavy atom. The molecule has 2 aromatic heterocycles. The van der Waals surface area contributed by atoms with Gasteiger partial charge in [-0.25, -0.2) is 18.7 Å². The minimum atomic E-state index is -0.659. The van der Waals surface area contributed by atoms with Crippen LogP contribution in [0, 0.1) is 11.6 Å². The molecule has 1 saturated heterocycles. The van der Waals surface area contributed by atoms with E-state index in [2.05, 4.69) is 42.4 Å². The van der Waals surface area contributed by atoms with E-state index in [1.807, 2.05) is 30.3 Å². The molecule has 8 heteroatoms. The van der Waals surface area contributed by atoms with Crippen LogP contribution in [0.15, 0.2) is 61.1 Å². The number of pyridine rings is 1. The Bertz CT molecular complexity index is 1270. The van der Waals surface area contributed by atoms with Gasteiger partial charge in [-0.3, -0.25) is 4.98 Å². The summed E-state index contributed by atoms with van der Waals surface area (Å²) in [6.07, 6.45) is 3.08. The standard InChI is InChI=1S/C24H19F2IN4O/c25-19-13-20(26)18(12-17(19)23(27)21-3-1-2-6-28-21)24-16-5-4-15(11-22(16)29-14-30-24)31-7-9-32-10-8-31/h1-6,11-14,23H,7-10H2. The van der Waals surface area contributed by atoms with Crippen molar-refractivity contribution < 1.29 is 13.5 Å². The summed E-state index contributed by atoms with van der Waals surface area (Å²) >= 11 is 2.12. The van der Waals surface area contributed by atoms with Crippen molar-refractivity contribution in [2.24, 2.45) is 0 Å². The van der Waals surface area contributed by atoms with Gasteiger partial charge in [-0.1, -0.05) is 28.7 Å². The number of nitrogens with zero attached hydrogens (tertiary/aromatic N) is 4. The second kappa shape index (κ2) is 9.03. The van der Waals surface area contributed by atoms with Crippen LogP contribution in [0.4, 0.5) is 14.5 Å². The quantitative estimate of drug-likeness (QED) is 0.257. The van der Waals surface area contributed by atoms with E-state index >= 15 is 0 Å². The molecule has 1 aliphatic heterocycles. The largest absolute Gasteiger partial charge is 0.378 e. The van der Waals surface area contributed by atoms with E-state index in [1.54, 1.807) is 12.3 Å². The molecule has 4 aromatic rings. The zero-order valence-electron chi connectivity index (χ0n) is 17.0. The van der Waals surface area contributed by atoms with Gasteiger partial charge >= 0.3 is 0 Å². The van der Waals surface area contributed by atoms with Crippen molar-refractivity contribution in [2.75, 3.05) is 31.2 Å². The molecule has 0 saturated carbocycles. The maximum Gasteiger partial charge on any atom is 0.135 e.